The molecule has 48 heavy (non-hydrogen) atoms. The van der Waals surface area contributed by atoms with Gasteiger partial charge in [0.25, 0.3) is 0 Å². The van der Waals surface area contributed by atoms with E-state index in [2.05, 4.69) is 146 Å². The summed E-state index contributed by atoms with van der Waals surface area (Å²) in [6, 6.07) is 56.9. The van der Waals surface area contributed by atoms with Crippen molar-refractivity contribution in [2.24, 2.45) is 0 Å². The first-order valence-electron chi connectivity index (χ1n) is 16.4. The molecule has 0 aliphatic carbocycles. The Morgan fingerprint density at radius 1 is 0.312 bits per heavy atom. The Hall–Kier alpha value is -6.38. The van der Waals surface area contributed by atoms with Crippen LogP contribution < -0.4 is 0 Å². The summed E-state index contributed by atoms with van der Waals surface area (Å²) < 4.78 is 12.9. The fourth-order valence-electron chi connectivity index (χ4n) is 8.17. The summed E-state index contributed by atoms with van der Waals surface area (Å²) in [6.45, 7) is 0. The molecule has 0 unspecified atom stereocenters. The molecule has 0 N–H and O–H groups in total. The second-order valence-corrected chi connectivity index (χ2v) is 12.8. The number of benzene rings is 9. The van der Waals surface area contributed by atoms with Gasteiger partial charge in [0.2, 0.25) is 0 Å². The van der Waals surface area contributed by atoms with Crippen molar-refractivity contribution in [2.45, 2.75) is 0 Å². The summed E-state index contributed by atoms with van der Waals surface area (Å²) in [4.78, 5) is 0. The maximum absolute atomic E-state index is 6.52. The molecule has 2 nitrogen and oxygen atoms in total. The second kappa shape index (κ2) is 9.57. The molecule has 0 spiro atoms. The highest BCUT2D eigenvalue weighted by atomic mass is 16.4. The van der Waals surface area contributed by atoms with Crippen LogP contribution in [-0.2, 0) is 0 Å². The summed E-state index contributed by atoms with van der Waals surface area (Å²) >= 11 is 0. The third kappa shape index (κ3) is 3.46. The van der Waals surface area contributed by atoms with Gasteiger partial charge in [-0.2, -0.15) is 0 Å². The Bertz CT molecular complexity index is 3060. The number of hydrogen-bond donors (Lipinski definition) is 0. The van der Waals surface area contributed by atoms with Crippen molar-refractivity contribution < 1.29 is 8.83 Å². The van der Waals surface area contributed by atoms with E-state index >= 15 is 0 Å². The van der Waals surface area contributed by atoms with Gasteiger partial charge in [-0.15, -0.1) is 0 Å². The molecule has 0 saturated carbocycles. The van der Waals surface area contributed by atoms with Crippen molar-refractivity contribution in [2.75, 3.05) is 0 Å². The van der Waals surface area contributed by atoms with Crippen LogP contribution in [0.3, 0.4) is 0 Å². The zero-order valence-electron chi connectivity index (χ0n) is 25.8. The Morgan fingerprint density at radius 2 is 0.854 bits per heavy atom. The van der Waals surface area contributed by atoms with Gasteiger partial charge in [-0.05, 0) is 95.7 Å². The van der Waals surface area contributed by atoms with Crippen molar-refractivity contribution in [3.05, 3.63) is 158 Å². The third-order valence-corrected chi connectivity index (χ3v) is 10.2. The van der Waals surface area contributed by atoms with Crippen molar-refractivity contribution in [3.63, 3.8) is 0 Å². The molecule has 0 aliphatic heterocycles. The smallest absolute Gasteiger partial charge is 0.178 e. The molecule has 0 bridgehead atoms. The molecule has 0 amide bonds. The molecule has 0 atom stereocenters. The van der Waals surface area contributed by atoms with Gasteiger partial charge in [0, 0.05) is 21.5 Å². The molecule has 0 aliphatic rings. The van der Waals surface area contributed by atoms with Gasteiger partial charge < -0.3 is 8.83 Å². The lowest BCUT2D eigenvalue weighted by molar-refractivity contribution is 0.633. The average Bonchev–Trinajstić information content (AvgIpc) is 3.72. The lowest BCUT2D eigenvalue weighted by atomic mass is 9.84. The van der Waals surface area contributed by atoms with Crippen LogP contribution in [-0.4, -0.2) is 0 Å². The Balaban J connectivity index is 1.22. The first kappa shape index (κ1) is 25.8. The topological polar surface area (TPSA) is 26.3 Å². The zero-order chi connectivity index (χ0) is 31.3. The summed E-state index contributed by atoms with van der Waals surface area (Å²) in [5.41, 5.74) is 8.25. The Labute approximate surface area is 275 Å². The predicted octanol–water partition coefficient (Wildman–Crippen LogP) is 13.4. The van der Waals surface area contributed by atoms with Gasteiger partial charge in [-0.25, -0.2) is 0 Å². The molecule has 11 rings (SSSR count). The van der Waals surface area contributed by atoms with E-state index in [1.54, 1.807) is 0 Å². The lowest BCUT2D eigenvalue weighted by Crippen LogP contribution is -1.92. The number of para-hydroxylation sites is 1. The molecule has 0 radical (unpaired) electrons. The van der Waals surface area contributed by atoms with Gasteiger partial charge in [-0.3, -0.25) is 0 Å². The molecule has 2 aromatic heterocycles. The molecule has 2 heteroatoms. The van der Waals surface area contributed by atoms with Crippen LogP contribution in [0, 0.1) is 0 Å². The molecule has 222 valence electrons. The van der Waals surface area contributed by atoms with E-state index in [9.17, 15) is 0 Å². The highest BCUT2D eigenvalue weighted by molar-refractivity contribution is 6.27. The van der Waals surface area contributed by atoms with Crippen molar-refractivity contribution in [1.29, 1.82) is 0 Å². The van der Waals surface area contributed by atoms with Crippen molar-refractivity contribution in [3.8, 4) is 22.3 Å². The monoisotopic (exact) mass is 610 g/mol. The van der Waals surface area contributed by atoms with Crippen LogP contribution in [0.2, 0.25) is 0 Å². The van der Waals surface area contributed by atoms with Crippen LogP contribution in [0.4, 0.5) is 0 Å². The standard InChI is InChI=1S/C46H26O2/c1-2-12-30-27(10-1)20-21-28-11-9-18-38(42(28)30)44-34-16-5-3-14-32(34)43(33-15-4-6-17-35(33)44)29-22-25-41-39(26-29)37-24-23-36-31-13-7-8-19-40(31)47-45(36)46(37)48-41/h1-26H. The van der Waals surface area contributed by atoms with E-state index in [0.717, 1.165) is 49.4 Å². The number of rotatable bonds is 2. The van der Waals surface area contributed by atoms with Crippen LogP contribution in [0.15, 0.2) is 167 Å². The molecule has 2 heterocycles. The molecule has 0 fully saturated rings. The van der Waals surface area contributed by atoms with Crippen molar-refractivity contribution in [1.82, 2.24) is 0 Å². The fraction of sp³-hybridized carbons (Fsp3) is 0. The van der Waals surface area contributed by atoms with E-state index in [1.165, 1.54) is 59.8 Å². The first-order chi connectivity index (χ1) is 23.8. The lowest BCUT2D eigenvalue weighted by Gasteiger charge is -2.19. The highest BCUT2D eigenvalue weighted by Gasteiger charge is 2.21. The Kier molecular flexibility index (Phi) is 5.14. The summed E-state index contributed by atoms with van der Waals surface area (Å²) in [5.74, 6) is 0. The maximum Gasteiger partial charge on any atom is 0.178 e. The SMILES string of the molecule is c1ccc2c(c1)ccc1cccc(-c3c4ccccc4c(-c4ccc5oc6c(ccc7c8ccccc8oc76)c5c4)c4ccccc34)c12. The average molecular weight is 611 g/mol. The summed E-state index contributed by atoms with van der Waals surface area (Å²) in [6.07, 6.45) is 0. The van der Waals surface area contributed by atoms with Gasteiger partial charge in [0.05, 0.1) is 0 Å². The molecule has 11 aromatic rings. The predicted molar refractivity (Wildman–Crippen MR) is 202 cm³/mol. The van der Waals surface area contributed by atoms with Gasteiger partial charge in [0.15, 0.2) is 11.2 Å². The summed E-state index contributed by atoms with van der Waals surface area (Å²) in [5, 5.41) is 14.3. The van der Waals surface area contributed by atoms with Gasteiger partial charge >= 0.3 is 0 Å². The third-order valence-electron chi connectivity index (χ3n) is 10.2. The van der Waals surface area contributed by atoms with E-state index < -0.39 is 0 Å². The fourth-order valence-corrected chi connectivity index (χ4v) is 8.17. The van der Waals surface area contributed by atoms with Crippen LogP contribution in [0.25, 0.3) is 109 Å². The molecular formula is C46H26O2. The minimum Gasteiger partial charge on any atom is -0.452 e. The zero-order valence-corrected chi connectivity index (χ0v) is 25.8. The van der Waals surface area contributed by atoms with Crippen molar-refractivity contribution >= 4 is 87.0 Å². The summed E-state index contributed by atoms with van der Waals surface area (Å²) in [7, 11) is 0. The maximum atomic E-state index is 6.52. The normalized spacial score (nSPS) is 12.2. The molecule has 9 aromatic carbocycles. The van der Waals surface area contributed by atoms with Gasteiger partial charge in [0.1, 0.15) is 11.2 Å². The van der Waals surface area contributed by atoms with Crippen LogP contribution in [0.5, 0.6) is 0 Å². The van der Waals surface area contributed by atoms with Crippen LogP contribution in [0.1, 0.15) is 0 Å². The quantitative estimate of drug-likeness (QED) is 0.144. The van der Waals surface area contributed by atoms with E-state index in [0.29, 0.717) is 0 Å². The number of hydrogen-bond acceptors (Lipinski definition) is 2. The minimum atomic E-state index is 0.795. The minimum absolute atomic E-state index is 0.795. The largest absolute Gasteiger partial charge is 0.452 e. The van der Waals surface area contributed by atoms with E-state index in [1.807, 2.05) is 12.1 Å². The van der Waals surface area contributed by atoms with E-state index in [-0.39, 0.29) is 0 Å². The highest BCUT2D eigenvalue weighted by Crippen LogP contribution is 2.47. The number of fused-ring (bicyclic) bond motifs is 12. The molecule has 0 saturated heterocycles. The molecular weight excluding hydrogens is 585 g/mol. The first-order valence-corrected chi connectivity index (χ1v) is 16.4. The Morgan fingerprint density at radius 3 is 1.58 bits per heavy atom. The van der Waals surface area contributed by atoms with E-state index in [4.69, 9.17) is 8.83 Å². The van der Waals surface area contributed by atoms with Crippen LogP contribution >= 0.6 is 0 Å². The number of furan rings is 2. The second-order valence-electron chi connectivity index (χ2n) is 12.8. The van der Waals surface area contributed by atoms with Gasteiger partial charge in [-0.1, -0.05) is 127 Å².